The Kier molecular flexibility index (Phi) is 5.23. The molecule has 0 saturated carbocycles. The zero-order valence-corrected chi connectivity index (χ0v) is 19.2. The van der Waals surface area contributed by atoms with Crippen molar-refractivity contribution in [3.05, 3.63) is 92.5 Å². The molecule has 0 saturated heterocycles. The Morgan fingerprint density at radius 2 is 1.97 bits per heavy atom. The predicted octanol–water partition coefficient (Wildman–Crippen LogP) is 6.25. The molecule has 1 atom stereocenters. The standard InChI is InChI=1S/C25H18ClNO5S/c1-13-9-10-33-24(13)21-20(22(28)19-11-14-5-3-4-6-17(14)32-19)23(29)25(30)27(21)15-7-8-18(31-2)16(26)12-15/h3-12,21,29H,1-2H3. The van der Waals surface area contributed by atoms with Gasteiger partial charge in [0.2, 0.25) is 5.78 Å². The number of carbonyl (C=O) groups excluding carboxylic acids is 2. The first-order valence-electron chi connectivity index (χ1n) is 10.1. The Labute approximate surface area is 198 Å². The third kappa shape index (κ3) is 3.41. The number of aryl methyl sites for hydroxylation is 1. The number of ketones is 1. The fourth-order valence-corrected chi connectivity index (χ4v) is 5.32. The van der Waals surface area contributed by atoms with Crippen LogP contribution in [0.25, 0.3) is 11.0 Å². The average Bonchev–Trinajstić information content (AvgIpc) is 3.49. The molecule has 2 aromatic heterocycles. The van der Waals surface area contributed by atoms with Crippen molar-refractivity contribution in [3.8, 4) is 5.75 Å². The molecule has 0 aliphatic carbocycles. The first-order valence-corrected chi connectivity index (χ1v) is 11.3. The number of fused-ring (bicyclic) bond motifs is 1. The van der Waals surface area contributed by atoms with E-state index in [-0.39, 0.29) is 11.3 Å². The average molecular weight is 480 g/mol. The van der Waals surface area contributed by atoms with E-state index in [0.29, 0.717) is 22.0 Å². The van der Waals surface area contributed by atoms with Gasteiger partial charge in [0.05, 0.1) is 17.7 Å². The number of benzene rings is 2. The number of ether oxygens (including phenoxy) is 1. The van der Waals surface area contributed by atoms with E-state index < -0.39 is 23.5 Å². The summed E-state index contributed by atoms with van der Waals surface area (Å²) in [6.45, 7) is 1.90. The van der Waals surface area contributed by atoms with Crippen molar-refractivity contribution in [3.63, 3.8) is 0 Å². The Bertz CT molecular complexity index is 1420. The van der Waals surface area contributed by atoms with Crippen LogP contribution in [0.3, 0.4) is 0 Å². The molecular weight excluding hydrogens is 462 g/mol. The third-order valence-corrected chi connectivity index (χ3v) is 7.03. The summed E-state index contributed by atoms with van der Waals surface area (Å²) in [6, 6.07) is 14.8. The van der Waals surface area contributed by atoms with Gasteiger partial charge in [0.1, 0.15) is 17.4 Å². The highest BCUT2D eigenvalue weighted by molar-refractivity contribution is 7.10. The van der Waals surface area contributed by atoms with E-state index in [2.05, 4.69) is 0 Å². The number of thiophene rings is 1. The highest BCUT2D eigenvalue weighted by Crippen LogP contribution is 2.46. The van der Waals surface area contributed by atoms with Gasteiger partial charge in [0, 0.05) is 16.0 Å². The van der Waals surface area contributed by atoms with Gasteiger partial charge in [-0.25, -0.2) is 0 Å². The molecule has 0 fully saturated rings. The summed E-state index contributed by atoms with van der Waals surface area (Å²) in [5, 5.41) is 13.8. The number of amides is 1. The van der Waals surface area contributed by atoms with Gasteiger partial charge in [-0.15, -0.1) is 11.3 Å². The van der Waals surface area contributed by atoms with Gasteiger partial charge in [0.15, 0.2) is 11.5 Å². The van der Waals surface area contributed by atoms with Gasteiger partial charge in [0.25, 0.3) is 5.91 Å². The van der Waals surface area contributed by atoms with Gasteiger partial charge in [-0.05, 0) is 54.3 Å². The summed E-state index contributed by atoms with van der Waals surface area (Å²) in [6.07, 6.45) is 0. The normalized spacial score (nSPS) is 16.2. The molecule has 2 aromatic carbocycles. The van der Waals surface area contributed by atoms with Crippen molar-refractivity contribution in [2.45, 2.75) is 13.0 Å². The monoisotopic (exact) mass is 479 g/mol. The summed E-state index contributed by atoms with van der Waals surface area (Å²) in [7, 11) is 1.50. The molecule has 1 N–H and O–H groups in total. The first-order chi connectivity index (χ1) is 15.9. The van der Waals surface area contributed by atoms with Crippen molar-refractivity contribution in [1.29, 1.82) is 0 Å². The molecule has 1 aliphatic rings. The van der Waals surface area contributed by atoms with Crippen LogP contribution in [0.2, 0.25) is 5.02 Å². The van der Waals surface area contributed by atoms with E-state index in [9.17, 15) is 14.7 Å². The van der Waals surface area contributed by atoms with Crippen LogP contribution >= 0.6 is 22.9 Å². The molecule has 6 nitrogen and oxygen atoms in total. The van der Waals surface area contributed by atoms with Crippen molar-refractivity contribution in [1.82, 2.24) is 0 Å². The fourth-order valence-electron chi connectivity index (χ4n) is 4.05. The van der Waals surface area contributed by atoms with Crippen molar-refractivity contribution >= 4 is 51.3 Å². The maximum Gasteiger partial charge on any atom is 0.294 e. The molecule has 0 spiro atoms. The largest absolute Gasteiger partial charge is 0.503 e. The minimum atomic E-state index is -0.831. The van der Waals surface area contributed by atoms with Crippen LogP contribution in [0, 0.1) is 6.92 Å². The summed E-state index contributed by atoms with van der Waals surface area (Å²) in [5.74, 6) is -1.33. The van der Waals surface area contributed by atoms with Crippen LogP contribution in [-0.4, -0.2) is 23.9 Å². The highest BCUT2D eigenvalue weighted by atomic mass is 35.5. The lowest BCUT2D eigenvalue weighted by molar-refractivity contribution is -0.117. The van der Waals surface area contributed by atoms with Crippen LogP contribution < -0.4 is 9.64 Å². The molecule has 0 radical (unpaired) electrons. The molecule has 166 valence electrons. The van der Waals surface area contributed by atoms with Gasteiger partial charge < -0.3 is 14.3 Å². The van der Waals surface area contributed by atoms with Crippen LogP contribution in [0.1, 0.15) is 27.0 Å². The summed E-state index contributed by atoms with van der Waals surface area (Å²) >= 11 is 7.72. The molecule has 3 heterocycles. The van der Waals surface area contributed by atoms with Gasteiger partial charge in [-0.1, -0.05) is 29.8 Å². The molecule has 0 bridgehead atoms. The number of hydrogen-bond acceptors (Lipinski definition) is 6. The summed E-state index contributed by atoms with van der Waals surface area (Å²) < 4.78 is 11.0. The first kappa shape index (κ1) is 21.3. The Balaban J connectivity index is 1.66. The van der Waals surface area contributed by atoms with Crippen molar-refractivity contribution < 1.29 is 23.8 Å². The number of aliphatic hydroxyl groups excluding tert-OH is 1. The zero-order valence-electron chi connectivity index (χ0n) is 17.7. The maximum atomic E-state index is 13.6. The topological polar surface area (TPSA) is 80.0 Å². The minimum Gasteiger partial charge on any atom is -0.503 e. The zero-order chi connectivity index (χ0) is 23.3. The highest BCUT2D eigenvalue weighted by Gasteiger charge is 2.46. The van der Waals surface area contributed by atoms with Crippen molar-refractivity contribution in [2.75, 3.05) is 12.0 Å². The van der Waals surface area contributed by atoms with E-state index in [1.165, 1.54) is 23.3 Å². The van der Waals surface area contributed by atoms with Crippen LogP contribution in [0.15, 0.2) is 75.7 Å². The molecule has 1 amide bonds. The number of rotatable bonds is 5. The smallest absolute Gasteiger partial charge is 0.294 e. The van der Waals surface area contributed by atoms with Gasteiger partial charge in [-0.2, -0.15) is 0 Å². The summed E-state index contributed by atoms with van der Waals surface area (Å²) in [4.78, 5) is 29.0. The SMILES string of the molecule is COc1ccc(N2C(=O)C(O)=C(C(=O)c3cc4ccccc4o3)C2c2sccc2C)cc1Cl. The van der Waals surface area contributed by atoms with Crippen molar-refractivity contribution in [2.24, 2.45) is 0 Å². The lowest BCUT2D eigenvalue weighted by Gasteiger charge is -2.26. The van der Waals surface area contributed by atoms with E-state index in [4.69, 9.17) is 20.8 Å². The number of nitrogens with zero attached hydrogens (tertiary/aromatic N) is 1. The lowest BCUT2D eigenvalue weighted by atomic mass is 9.98. The molecule has 1 unspecified atom stereocenters. The number of Topliss-reactive ketones (excluding diaryl/α,β-unsaturated/α-hetero) is 1. The predicted molar refractivity (Wildman–Crippen MR) is 127 cm³/mol. The molecule has 4 aromatic rings. The fraction of sp³-hybridized carbons (Fsp3) is 0.120. The molecular formula is C25H18ClNO5S. The summed E-state index contributed by atoms with van der Waals surface area (Å²) in [5.41, 5.74) is 1.85. The third-order valence-electron chi connectivity index (χ3n) is 5.67. The number of anilines is 1. The Morgan fingerprint density at radius 1 is 1.18 bits per heavy atom. The van der Waals surface area contributed by atoms with Crippen LogP contribution in [0.4, 0.5) is 5.69 Å². The number of halogens is 1. The Morgan fingerprint density at radius 3 is 2.64 bits per heavy atom. The number of para-hydroxylation sites is 1. The number of carbonyl (C=O) groups is 2. The number of hydrogen-bond donors (Lipinski definition) is 1. The molecule has 1 aliphatic heterocycles. The second-order valence-corrected chi connectivity index (χ2v) is 8.96. The number of aliphatic hydroxyl groups is 1. The van der Waals surface area contributed by atoms with E-state index in [1.54, 1.807) is 30.3 Å². The maximum absolute atomic E-state index is 13.6. The lowest BCUT2D eigenvalue weighted by Crippen LogP contribution is -2.30. The quantitative estimate of drug-likeness (QED) is 0.342. The molecule has 5 rings (SSSR count). The second kappa shape index (κ2) is 8.10. The van der Waals surface area contributed by atoms with E-state index in [0.717, 1.165) is 15.8 Å². The van der Waals surface area contributed by atoms with E-state index in [1.807, 2.05) is 36.6 Å². The molecule has 33 heavy (non-hydrogen) atoms. The van der Waals surface area contributed by atoms with E-state index >= 15 is 0 Å². The number of furan rings is 1. The van der Waals surface area contributed by atoms with Crippen LogP contribution in [-0.2, 0) is 4.79 Å². The second-order valence-electron chi connectivity index (χ2n) is 7.60. The van der Waals surface area contributed by atoms with Crippen LogP contribution in [0.5, 0.6) is 5.75 Å². The Hall–Kier alpha value is -3.55. The van der Waals surface area contributed by atoms with Gasteiger partial charge >= 0.3 is 0 Å². The number of methoxy groups -OCH3 is 1. The van der Waals surface area contributed by atoms with Gasteiger partial charge in [-0.3, -0.25) is 14.5 Å². The minimum absolute atomic E-state index is 0.0310. The molecule has 8 heteroatoms.